The van der Waals surface area contributed by atoms with Crippen LogP contribution in [-0.4, -0.2) is 37.2 Å². The van der Waals surface area contributed by atoms with E-state index in [0.717, 1.165) is 5.56 Å². The number of rotatable bonds is 7. The number of ether oxygens (including phenoxy) is 2. The zero-order valence-corrected chi connectivity index (χ0v) is 16.7. The third kappa shape index (κ3) is 5.16. The van der Waals surface area contributed by atoms with Crippen molar-refractivity contribution in [2.24, 2.45) is 5.92 Å². The summed E-state index contributed by atoms with van der Waals surface area (Å²) >= 11 is 0. The first-order valence-corrected chi connectivity index (χ1v) is 8.89. The smallest absolute Gasteiger partial charge is 0.252 e. The Hall–Kier alpha value is -3.22. The van der Waals surface area contributed by atoms with Gasteiger partial charge in [-0.05, 0) is 42.7 Å². The lowest BCUT2D eigenvalue weighted by atomic mass is 10.0. The number of carbonyl (C=O) groups is 2. The molecule has 0 aliphatic carbocycles. The van der Waals surface area contributed by atoms with Crippen LogP contribution < -0.4 is 20.1 Å². The third-order valence-electron chi connectivity index (χ3n) is 4.26. The van der Waals surface area contributed by atoms with Gasteiger partial charge in [-0.3, -0.25) is 9.59 Å². The number of aromatic hydroxyl groups is 1. The summed E-state index contributed by atoms with van der Waals surface area (Å²) < 4.78 is 10.4. The first kappa shape index (κ1) is 21.1. The molecule has 0 radical (unpaired) electrons. The Morgan fingerprint density at radius 1 is 1.00 bits per heavy atom. The van der Waals surface area contributed by atoms with Crippen LogP contribution in [-0.2, 0) is 4.79 Å². The van der Waals surface area contributed by atoms with E-state index in [4.69, 9.17) is 9.47 Å². The van der Waals surface area contributed by atoms with Crippen LogP contribution >= 0.6 is 0 Å². The summed E-state index contributed by atoms with van der Waals surface area (Å²) in [5.74, 6) is -0.112. The summed E-state index contributed by atoms with van der Waals surface area (Å²) in [6, 6.07) is 8.95. The quantitative estimate of drug-likeness (QED) is 0.636. The predicted octanol–water partition coefficient (Wildman–Crippen LogP) is 3.11. The molecule has 0 fully saturated rings. The molecule has 2 rings (SSSR count). The maximum Gasteiger partial charge on any atom is 0.252 e. The molecular weight excluding hydrogens is 360 g/mol. The highest BCUT2D eigenvalue weighted by Gasteiger charge is 2.26. The minimum atomic E-state index is -0.801. The van der Waals surface area contributed by atoms with Gasteiger partial charge >= 0.3 is 0 Å². The molecule has 2 amide bonds. The molecule has 0 unspecified atom stereocenters. The second-order valence-corrected chi connectivity index (χ2v) is 6.81. The van der Waals surface area contributed by atoms with Crippen LogP contribution in [0.1, 0.15) is 29.8 Å². The van der Waals surface area contributed by atoms with E-state index >= 15 is 0 Å². The molecule has 7 heteroatoms. The number of hydrogen-bond acceptors (Lipinski definition) is 5. The number of benzene rings is 2. The summed E-state index contributed by atoms with van der Waals surface area (Å²) in [5.41, 5.74) is 1.47. The maximum atomic E-state index is 12.7. The SMILES string of the molecule is COc1cc(OC)cc(C(=O)N[C@H](C(=O)Nc2ccc(C)cc2O)C(C)C)c1. The molecule has 0 heterocycles. The lowest BCUT2D eigenvalue weighted by Crippen LogP contribution is -2.47. The second kappa shape index (κ2) is 9.12. The van der Waals surface area contributed by atoms with Gasteiger partial charge in [0.05, 0.1) is 19.9 Å². The minimum absolute atomic E-state index is 0.0280. The van der Waals surface area contributed by atoms with Crippen LogP contribution in [0.2, 0.25) is 0 Å². The number of amides is 2. The topological polar surface area (TPSA) is 96.9 Å². The summed E-state index contributed by atoms with van der Waals surface area (Å²) in [5, 5.41) is 15.4. The average Bonchev–Trinajstić information content (AvgIpc) is 2.67. The third-order valence-corrected chi connectivity index (χ3v) is 4.26. The molecule has 150 valence electrons. The molecule has 2 aromatic rings. The number of carbonyl (C=O) groups excluding carboxylic acids is 2. The number of methoxy groups -OCH3 is 2. The van der Waals surface area contributed by atoms with Crippen molar-refractivity contribution in [3.8, 4) is 17.2 Å². The van der Waals surface area contributed by atoms with Crippen LogP contribution in [0.25, 0.3) is 0 Å². The van der Waals surface area contributed by atoms with Gasteiger partial charge in [-0.1, -0.05) is 19.9 Å². The number of phenolic OH excluding ortho intramolecular Hbond substituents is 1. The van der Waals surface area contributed by atoms with Crippen LogP contribution in [0, 0.1) is 12.8 Å². The van der Waals surface area contributed by atoms with Crippen molar-refractivity contribution < 1.29 is 24.2 Å². The zero-order valence-electron chi connectivity index (χ0n) is 16.7. The standard InChI is InChI=1S/C21H26N2O5/c1-12(2)19(21(26)22-17-7-6-13(3)8-18(17)24)23-20(25)14-9-15(27-4)11-16(10-14)28-5/h6-12,19,24H,1-5H3,(H,22,26)(H,23,25)/t19-/m0/s1. The van der Waals surface area contributed by atoms with Gasteiger partial charge in [0.2, 0.25) is 5.91 Å². The van der Waals surface area contributed by atoms with E-state index in [1.807, 2.05) is 20.8 Å². The molecule has 0 aromatic heterocycles. The van der Waals surface area contributed by atoms with Crippen molar-refractivity contribution in [1.82, 2.24) is 5.32 Å². The molecule has 7 nitrogen and oxygen atoms in total. The van der Waals surface area contributed by atoms with Gasteiger partial charge in [0.1, 0.15) is 23.3 Å². The van der Waals surface area contributed by atoms with Gasteiger partial charge < -0.3 is 25.2 Å². The monoisotopic (exact) mass is 386 g/mol. The molecule has 2 aromatic carbocycles. The lowest BCUT2D eigenvalue weighted by molar-refractivity contribution is -0.118. The Labute approximate surface area is 164 Å². The van der Waals surface area contributed by atoms with E-state index < -0.39 is 17.9 Å². The van der Waals surface area contributed by atoms with Crippen LogP contribution in [0.3, 0.4) is 0 Å². The molecule has 0 spiro atoms. The van der Waals surface area contributed by atoms with Crippen molar-refractivity contribution in [3.63, 3.8) is 0 Å². The Morgan fingerprint density at radius 2 is 1.61 bits per heavy atom. The van der Waals surface area contributed by atoms with E-state index in [2.05, 4.69) is 10.6 Å². The molecule has 0 aliphatic heterocycles. The van der Waals surface area contributed by atoms with Gasteiger partial charge in [0, 0.05) is 11.6 Å². The number of aryl methyl sites for hydroxylation is 1. The summed E-state index contributed by atoms with van der Waals surface area (Å²) in [6.07, 6.45) is 0. The van der Waals surface area contributed by atoms with Crippen molar-refractivity contribution >= 4 is 17.5 Å². The Morgan fingerprint density at radius 3 is 2.11 bits per heavy atom. The fourth-order valence-electron chi connectivity index (χ4n) is 2.66. The fraction of sp³-hybridized carbons (Fsp3) is 0.333. The van der Waals surface area contributed by atoms with E-state index in [-0.39, 0.29) is 11.7 Å². The van der Waals surface area contributed by atoms with Crippen molar-refractivity contribution in [1.29, 1.82) is 0 Å². The molecule has 0 saturated heterocycles. The highest BCUT2D eigenvalue weighted by molar-refractivity contribution is 6.02. The number of nitrogens with one attached hydrogen (secondary N) is 2. The van der Waals surface area contributed by atoms with Crippen LogP contribution in [0.15, 0.2) is 36.4 Å². The summed E-state index contributed by atoms with van der Waals surface area (Å²) in [4.78, 5) is 25.4. The zero-order chi connectivity index (χ0) is 20.8. The minimum Gasteiger partial charge on any atom is -0.506 e. The Kier molecular flexibility index (Phi) is 6.87. The molecule has 0 bridgehead atoms. The molecule has 1 atom stereocenters. The number of phenols is 1. The highest BCUT2D eigenvalue weighted by Crippen LogP contribution is 2.25. The molecular formula is C21H26N2O5. The predicted molar refractivity (Wildman–Crippen MR) is 107 cm³/mol. The van der Waals surface area contributed by atoms with Gasteiger partial charge in [-0.15, -0.1) is 0 Å². The van der Waals surface area contributed by atoms with E-state index in [9.17, 15) is 14.7 Å². The van der Waals surface area contributed by atoms with E-state index in [0.29, 0.717) is 22.7 Å². The van der Waals surface area contributed by atoms with Gasteiger partial charge in [0.15, 0.2) is 0 Å². The van der Waals surface area contributed by atoms with Crippen molar-refractivity contribution in [3.05, 3.63) is 47.5 Å². The van der Waals surface area contributed by atoms with Crippen molar-refractivity contribution in [2.75, 3.05) is 19.5 Å². The Bertz CT molecular complexity index is 842. The molecule has 0 aliphatic rings. The molecule has 3 N–H and O–H groups in total. The van der Waals surface area contributed by atoms with Gasteiger partial charge in [0.25, 0.3) is 5.91 Å². The molecule has 28 heavy (non-hydrogen) atoms. The van der Waals surface area contributed by atoms with Crippen LogP contribution in [0.5, 0.6) is 17.2 Å². The fourth-order valence-corrected chi connectivity index (χ4v) is 2.66. The van der Waals surface area contributed by atoms with E-state index in [1.165, 1.54) is 14.2 Å². The lowest BCUT2D eigenvalue weighted by Gasteiger charge is -2.22. The normalized spacial score (nSPS) is 11.6. The summed E-state index contributed by atoms with van der Waals surface area (Å²) in [6.45, 7) is 5.49. The van der Waals surface area contributed by atoms with Crippen molar-refractivity contribution in [2.45, 2.75) is 26.8 Å². The maximum absolute atomic E-state index is 12.7. The molecule has 0 saturated carbocycles. The van der Waals surface area contributed by atoms with Gasteiger partial charge in [-0.2, -0.15) is 0 Å². The average molecular weight is 386 g/mol. The second-order valence-electron chi connectivity index (χ2n) is 6.81. The van der Waals surface area contributed by atoms with Crippen LogP contribution in [0.4, 0.5) is 5.69 Å². The van der Waals surface area contributed by atoms with E-state index in [1.54, 1.807) is 36.4 Å². The number of anilines is 1. The van der Waals surface area contributed by atoms with Gasteiger partial charge in [-0.25, -0.2) is 0 Å². The Balaban J connectivity index is 2.20. The highest BCUT2D eigenvalue weighted by atomic mass is 16.5. The number of hydrogen-bond donors (Lipinski definition) is 3. The largest absolute Gasteiger partial charge is 0.506 e. The summed E-state index contributed by atoms with van der Waals surface area (Å²) in [7, 11) is 2.99. The first-order chi connectivity index (χ1) is 13.2. The first-order valence-electron chi connectivity index (χ1n) is 8.89.